The van der Waals surface area contributed by atoms with E-state index in [1.807, 2.05) is 0 Å². The number of rotatable bonds is 5. The SMILES string of the molecule is CC(=O)NCCNC(=O)/C=C/c1cc(N)ccc1O.Cl. The Balaban J connectivity index is 0.00000361. The highest BCUT2D eigenvalue weighted by Crippen LogP contribution is 2.20. The van der Waals surface area contributed by atoms with Gasteiger partial charge in [0.15, 0.2) is 0 Å². The number of aromatic hydroxyl groups is 1. The summed E-state index contributed by atoms with van der Waals surface area (Å²) in [5, 5.41) is 14.7. The van der Waals surface area contributed by atoms with Crippen LogP contribution in [-0.4, -0.2) is 30.0 Å². The molecule has 7 heteroatoms. The lowest BCUT2D eigenvalue weighted by atomic mass is 10.1. The minimum atomic E-state index is -0.313. The van der Waals surface area contributed by atoms with Crippen molar-refractivity contribution in [3.8, 4) is 5.75 Å². The summed E-state index contributed by atoms with van der Waals surface area (Å²) in [6.45, 7) is 2.12. The first kappa shape index (κ1) is 17.8. The van der Waals surface area contributed by atoms with Crippen molar-refractivity contribution in [2.24, 2.45) is 0 Å². The van der Waals surface area contributed by atoms with Gasteiger partial charge in [0.25, 0.3) is 0 Å². The minimum Gasteiger partial charge on any atom is -0.507 e. The van der Waals surface area contributed by atoms with Crippen LogP contribution in [0, 0.1) is 0 Å². The number of benzene rings is 1. The molecule has 0 radical (unpaired) electrons. The largest absolute Gasteiger partial charge is 0.507 e. The van der Waals surface area contributed by atoms with E-state index in [4.69, 9.17) is 5.73 Å². The van der Waals surface area contributed by atoms with Gasteiger partial charge in [-0.15, -0.1) is 12.4 Å². The molecule has 0 spiro atoms. The molecule has 0 bridgehead atoms. The first-order valence-corrected chi connectivity index (χ1v) is 5.78. The molecule has 0 heterocycles. The average Bonchev–Trinajstić information content (AvgIpc) is 2.35. The van der Waals surface area contributed by atoms with Gasteiger partial charge in [-0.2, -0.15) is 0 Å². The maximum Gasteiger partial charge on any atom is 0.244 e. The fourth-order valence-electron chi connectivity index (χ4n) is 1.36. The van der Waals surface area contributed by atoms with Crippen molar-refractivity contribution >= 4 is 36.0 Å². The normalized spacial score (nSPS) is 9.85. The van der Waals surface area contributed by atoms with E-state index in [1.54, 1.807) is 12.1 Å². The van der Waals surface area contributed by atoms with E-state index in [0.29, 0.717) is 24.3 Å². The van der Waals surface area contributed by atoms with Crippen LogP contribution >= 0.6 is 12.4 Å². The second-order valence-corrected chi connectivity index (χ2v) is 3.93. The number of phenols is 1. The zero-order valence-electron chi connectivity index (χ0n) is 11.1. The number of anilines is 1. The van der Waals surface area contributed by atoms with Gasteiger partial charge in [0.1, 0.15) is 5.75 Å². The van der Waals surface area contributed by atoms with Crippen molar-refractivity contribution < 1.29 is 14.7 Å². The third-order valence-corrected chi connectivity index (χ3v) is 2.26. The molecule has 1 rings (SSSR count). The van der Waals surface area contributed by atoms with Gasteiger partial charge in [0, 0.05) is 37.3 Å². The highest BCUT2D eigenvalue weighted by molar-refractivity contribution is 5.92. The Morgan fingerprint density at radius 2 is 1.95 bits per heavy atom. The molecule has 0 aliphatic rings. The van der Waals surface area contributed by atoms with Crippen LogP contribution in [-0.2, 0) is 9.59 Å². The molecule has 1 aromatic rings. The van der Waals surface area contributed by atoms with Crippen LogP contribution in [0.3, 0.4) is 0 Å². The Hall–Kier alpha value is -2.21. The van der Waals surface area contributed by atoms with E-state index in [-0.39, 0.29) is 30.0 Å². The Morgan fingerprint density at radius 3 is 2.60 bits per heavy atom. The Morgan fingerprint density at radius 1 is 1.30 bits per heavy atom. The number of nitrogens with two attached hydrogens (primary N) is 1. The molecular formula is C13H18ClN3O3. The first-order chi connectivity index (χ1) is 8.99. The van der Waals surface area contributed by atoms with E-state index in [9.17, 15) is 14.7 Å². The highest BCUT2D eigenvalue weighted by Gasteiger charge is 1.99. The molecular weight excluding hydrogens is 282 g/mol. The van der Waals surface area contributed by atoms with Crippen molar-refractivity contribution in [1.29, 1.82) is 0 Å². The zero-order chi connectivity index (χ0) is 14.3. The van der Waals surface area contributed by atoms with Crippen LogP contribution in [0.1, 0.15) is 12.5 Å². The number of nitrogen functional groups attached to an aromatic ring is 1. The van der Waals surface area contributed by atoms with Gasteiger partial charge in [-0.05, 0) is 24.3 Å². The van der Waals surface area contributed by atoms with Gasteiger partial charge in [-0.1, -0.05) is 0 Å². The first-order valence-electron chi connectivity index (χ1n) is 5.78. The Bertz CT molecular complexity index is 504. The lowest BCUT2D eigenvalue weighted by Gasteiger charge is -2.03. The van der Waals surface area contributed by atoms with Crippen LogP contribution in [0.15, 0.2) is 24.3 Å². The van der Waals surface area contributed by atoms with Gasteiger partial charge in [0.2, 0.25) is 11.8 Å². The lowest BCUT2D eigenvalue weighted by molar-refractivity contribution is -0.119. The van der Waals surface area contributed by atoms with Crippen molar-refractivity contribution in [3.63, 3.8) is 0 Å². The number of halogens is 1. The molecule has 0 atom stereocenters. The summed E-state index contributed by atoms with van der Waals surface area (Å²) >= 11 is 0. The average molecular weight is 300 g/mol. The second kappa shape index (κ2) is 8.82. The molecule has 0 fully saturated rings. The molecule has 1 aromatic carbocycles. The fraction of sp³-hybridized carbons (Fsp3) is 0.231. The predicted molar refractivity (Wildman–Crippen MR) is 80.5 cm³/mol. The number of carbonyl (C=O) groups is 2. The van der Waals surface area contributed by atoms with E-state index in [2.05, 4.69) is 10.6 Å². The molecule has 20 heavy (non-hydrogen) atoms. The number of hydrogen-bond acceptors (Lipinski definition) is 4. The lowest BCUT2D eigenvalue weighted by Crippen LogP contribution is -2.32. The third-order valence-electron chi connectivity index (χ3n) is 2.26. The van der Waals surface area contributed by atoms with E-state index in [0.717, 1.165) is 0 Å². The number of amides is 2. The van der Waals surface area contributed by atoms with Gasteiger partial charge in [-0.3, -0.25) is 9.59 Å². The molecule has 110 valence electrons. The zero-order valence-corrected chi connectivity index (χ0v) is 11.9. The summed E-state index contributed by atoms with van der Waals surface area (Å²) in [6.07, 6.45) is 2.77. The Labute approximate surface area is 123 Å². The molecule has 0 unspecified atom stereocenters. The molecule has 0 aliphatic carbocycles. The predicted octanol–water partition coefficient (Wildman–Crippen LogP) is 0.662. The molecule has 0 saturated heterocycles. The highest BCUT2D eigenvalue weighted by atomic mass is 35.5. The molecule has 0 aromatic heterocycles. The number of hydrogen-bond donors (Lipinski definition) is 4. The van der Waals surface area contributed by atoms with E-state index < -0.39 is 0 Å². The minimum absolute atomic E-state index is 0. The summed E-state index contributed by atoms with van der Waals surface area (Å²) in [7, 11) is 0. The smallest absolute Gasteiger partial charge is 0.244 e. The molecule has 5 N–H and O–H groups in total. The second-order valence-electron chi connectivity index (χ2n) is 3.93. The van der Waals surface area contributed by atoms with E-state index >= 15 is 0 Å². The van der Waals surface area contributed by atoms with Gasteiger partial charge >= 0.3 is 0 Å². The standard InChI is InChI=1S/C13H17N3O3.ClH/c1-9(17)15-6-7-16-13(19)5-2-10-8-11(14)3-4-12(10)18;/h2-5,8,18H,6-7,14H2,1H3,(H,15,17)(H,16,19);1H/b5-2+;. The summed E-state index contributed by atoms with van der Waals surface area (Å²) in [5.74, 6) is -0.404. The van der Waals surface area contributed by atoms with Crippen molar-refractivity contribution in [1.82, 2.24) is 10.6 Å². The summed E-state index contributed by atoms with van der Waals surface area (Å²) in [4.78, 5) is 22.0. The topological polar surface area (TPSA) is 104 Å². The van der Waals surface area contributed by atoms with Crippen LogP contribution in [0.2, 0.25) is 0 Å². The van der Waals surface area contributed by atoms with E-state index in [1.165, 1.54) is 25.1 Å². The quantitative estimate of drug-likeness (QED) is 0.277. The Kier molecular flexibility index (Phi) is 7.84. The summed E-state index contributed by atoms with van der Waals surface area (Å²) in [5.41, 5.74) is 6.55. The molecule has 0 saturated carbocycles. The van der Waals surface area contributed by atoms with Gasteiger partial charge in [0.05, 0.1) is 0 Å². The molecule has 0 aliphatic heterocycles. The third kappa shape index (κ3) is 6.65. The van der Waals surface area contributed by atoms with Gasteiger partial charge in [-0.25, -0.2) is 0 Å². The van der Waals surface area contributed by atoms with Gasteiger partial charge < -0.3 is 21.5 Å². The number of nitrogens with one attached hydrogen (secondary N) is 2. The fourth-order valence-corrected chi connectivity index (χ4v) is 1.36. The van der Waals surface area contributed by atoms with Crippen molar-refractivity contribution in [2.75, 3.05) is 18.8 Å². The van der Waals surface area contributed by atoms with Crippen LogP contribution in [0.5, 0.6) is 5.75 Å². The van der Waals surface area contributed by atoms with Crippen LogP contribution in [0.4, 0.5) is 5.69 Å². The molecule has 6 nitrogen and oxygen atoms in total. The van der Waals surface area contributed by atoms with Crippen molar-refractivity contribution in [3.05, 3.63) is 29.8 Å². The van der Waals surface area contributed by atoms with Crippen molar-refractivity contribution in [2.45, 2.75) is 6.92 Å². The summed E-state index contributed by atoms with van der Waals surface area (Å²) < 4.78 is 0. The summed E-state index contributed by atoms with van der Waals surface area (Å²) in [6, 6.07) is 4.60. The number of phenolic OH excluding ortho intramolecular Hbond substituents is 1. The maximum absolute atomic E-state index is 11.4. The molecule has 2 amide bonds. The van der Waals surface area contributed by atoms with Crippen LogP contribution < -0.4 is 16.4 Å². The monoisotopic (exact) mass is 299 g/mol. The van der Waals surface area contributed by atoms with Crippen LogP contribution in [0.25, 0.3) is 6.08 Å². The number of carbonyl (C=O) groups excluding carboxylic acids is 2. The maximum atomic E-state index is 11.4.